The molecule has 0 bridgehead atoms. The van der Waals surface area contributed by atoms with Gasteiger partial charge in [-0.1, -0.05) is 46.0 Å². The summed E-state index contributed by atoms with van der Waals surface area (Å²) in [5, 5.41) is 9.95. The molecule has 2 saturated carbocycles. The van der Waals surface area contributed by atoms with Crippen LogP contribution in [0.3, 0.4) is 0 Å². The Bertz CT molecular complexity index is 688. The predicted molar refractivity (Wildman–Crippen MR) is 121 cm³/mol. The van der Waals surface area contributed by atoms with Gasteiger partial charge >= 0.3 is 0 Å². The Kier molecular flexibility index (Phi) is 9.31. The average Bonchev–Trinajstić information content (AvgIpc) is 2.78. The van der Waals surface area contributed by atoms with E-state index in [9.17, 15) is 18.3 Å². The molecule has 3 rings (SSSR count). The number of aryl methyl sites for hydroxylation is 1. The van der Waals surface area contributed by atoms with Gasteiger partial charge in [0.1, 0.15) is 0 Å². The summed E-state index contributed by atoms with van der Waals surface area (Å²) in [5.74, 6) is -1.05. The van der Waals surface area contributed by atoms with Crippen LogP contribution >= 0.6 is 0 Å². The summed E-state index contributed by atoms with van der Waals surface area (Å²) in [6.07, 6.45) is 13.4. The number of aliphatic hydroxyl groups is 1. The molecule has 1 aromatic carbocycles. The standard InChI is InChI=1S/C27H41F3O/c1-3-5-18-7-9-19(10-8-18)20-11-13-21(14-12-20)24-17-22(15-16-23(31)6-4-2)25(28)27(30)26(24)29/h17-21,23,31H,3-16H2,1-2H3/t18?,19?,20?,21?,23-/m0/s1. The molecule has 0 spiro atoms. The molecule has 0 saturated heterocycles. The summed E-state index contributed by atoms with van der Waals surface area (Å²) in [6, 6.07) is 1.55. The molecule has 0 amide bonds. The summed E-state index contributed by atoms with van der Waals surface area (Å²) < 4.78 is 43.3. The van der Waals surface area contributed by atoms with Crippen LogP contribution in [0, 0.1) is 35.2 Å². The quantitative estimate of drug-likeness (QED) is 0.386. The second kappa shape index (κ2) is 11.7. The Hall–Kier alpha value is -1.03. The van der Waals surface area contributed by atoms with Gasteiger partial charge in [0.05, 0.1) is 6.10 Å². The van der Waals surface area contributed by atoms with Crippen molar-refractivity contribution in [3.63, 3.8) is 0 Å². The van der Waals surface area contributed by atoms with Crippen LogP contribution in [0.25, 0.3) is 0 Å². The number of aliphatic hydroxyl groups excluding tert-OH is 1. The fraction of sp³-hybridized carbons (Fsp3) is 0.778. The SMILES string of the molecule is CCCC1CCC(C2CCC(c3cc(CC[C@@H](O)CCC)c(F)c(F)c3F)CC2)CC1. The van der Waals surface area contributed by atoms with Gasteiger partial charge in [-0.25, -0.2) is 13.2 Å². The molecule has 2 aliphatic rings. The van der Waals surface area contributed by atoms with Gasteiger partial charge in [0.2, 0.25) is 0 Å². The van der Waals surface area contributed by atoms with Crippen molar-refractivity contribution in [1.82, 2.24) is 0 Å². The van der Waals surface area contributed by atoms with Crippen LogP contribution in [0.5, 0.6) is 0 Å². The van der Waals surface area contributed by atoms with Crippen LogP contribution in [0.15, 0.2) is 6.07 Å². The van der Waals surface area contributed by atoms with E-state index < -0.39 is 23.6 Å². The molecule has 4 heteroatoms. The second-order valence-corrected chi connectivity index (χ2v) is 10.2. The molecule has 176 valence electrons. The van der Waals surface area contributed by atoms with Crippen molar-refractivity contribution in [3.05, 3.63) is 34.6 Å². The molecule has 1 atom stereocenters. The first kappa shape index (κ1) is 24.6. The van der Waals surface area contributed by atoms with E-state index in [-0.39, 0.29) is 17.9 Å². The molecule has 2 fully saturated rings. The topological polar surface area (TPSA) is 20.2 Å². The lowest BCUT2D eigenvalue weighted by Crippen LogP contribution is -2.25. The third-order valence-corrected chi connectivity index (χ3v) is 8.09. The second-order valence-electron chi connectivity index (χ2n) is 10.2. The first-order valence-electron chi connectivity index (χ1n) is 12.8. The fourth-order valence-corrected chi connectivity index (χ4v) is 6.22. The van der Waals surface area contributed by atoms with E-state index in [2.05, 4.69) is 6.92 Å². The zero-order chi connectivity index (χ0) is 22.4. The smallest absolute Gasteiger partial charge is 0.194 e. The fourth-order valence-electron chi connectivity index (χ4n) is 6.22. The molecular formula is C27H41F3O. The van der Waals surface area contributed by atoms with Crippen molar-refractivity contribution in [2.75, 3.05) is 0 Å². The number of hydrogen-bond donors (Lipinski definition) is 1. The van der Waals surface area contributed by atoms with Crippen LogP contribution < -0.4 is 0 Å². The average molecular weight is 439 g/mol. The molecule has 1 aromatic rings. The summed E-state index contributed by atoms with van der Waals surface area (Å²) in [4.78, 5) is 0. The molecule has 0 unspecified atom stereocenters. The maximum Gasteiger partial charge on any atom is 0.194 e. The third-order valence-electron chi connectivity index (χ3n) is 8.09. The zero-order valence-electron chi connectivity index (χ0n) is 19.4. The molecule has 2 aliphatic carbocycles. The van der Waals surface area contributed by atoms with Gasteiger partial charge in [-0.15, -0.1) is 0 Å². The lowest BCUT2D eigenvalue weighted by atomic mass is 9.68. The van der Waals surface area contributed by atoms with Gasteiger partial charge in [0.25, 0.3) is 0 Å². The molecular weight excluding hydrogens is 397 g/mol. The minimum atomic E-state index is -1.34. The van der Waals surface area contributed by atoms with E-state index in [0.29, 0.717) is 24.3 Å². The van der Waals surface area contributed by atoms with Gasteiger partial charge < -0.3 is 5.11 Å². The number of benzene rings is 1. The number of halogens is 3. The highest BCUT2D eigenvalue weighted by Gasteiger charge is 2.33. The molecule has 0 aliphatic heterocycles. The minimum Gasteiger partial charge on any atom is -0.393 e. The third kappa shape index (κ3) is 6.27. The van der Waals surface area contributed by atoms with Crippen molar-refractivity contribution in [2.45, 2.75) is 116 Å². The largest absolute Gasteiger partial charge is 0.393 e. The lowest BCUT2D eigenvalue weighted by molar-refractivity contribution is 0.153. The van der Waals surface area contributed by atoms with E-state index in [1.807, 2.05) is 6.92 Å². The number of hydrogen-bond acceptors (Lipinski definition) is 1. The molecule has 0 heterocycles. The monoisotopic (exact) mass is 438 g/mol. The Morgan fingerprint density at radius 1 is 0.806 bits per heavy atom. The Morgan fingerprint density at radius 3 is 2.00 bits per heavy atom. The summed E-state index contributed by atoms with van der Waals surface area (Å²) in [5.41, 5.74) is 0.560. The highest BCUT2D eigenvalue weighted by Crippen LogP contribution is 2.45. The van der Waals surface area contributed by atoms with Crippen molar-refractivity contribution in [3.8, 4) is 0 Å². The normalized spacial score (nSPS) is 27.9. The highest BCUT2D eigenvalue weighted by molar-refractivity contribution is 5.31. The first-order valence-corrected chi connectivity index (χ1v) is 12.8. The maximum absolute atomic E-state index is 14.6. The molecule has 1 nitrogen and oxygen atoms in total. The Balaban J connectivity index is 1.60. The summed E-state index contributed by atoms with van der Waals surface area (Å²) >= 11 is 0. The van der Waals surface area contributed by atoms with Crippen LogP contribution in [-0.2, 0) is 6.42 Å². The number of rotatable bonds is 9. The van der Waals surface area contributed by atoms with E-state index in [1.54, 1.807) is 6.07 Å². The van der Waals surface area contributed by atoms with E-state index in [1.165, 1.54) is 38.5 Å². The maximum atomic E-state index is 14.6. The summed E-state index contributed by atoms with van der Waals surface area (Å²) in [6.45, 7) is 4.25. The molecule has 31 heavy (non-hydrogen) atoms. The van der Waals surface area contributed by atoms with Crippen molar-refractivity contribution < 1.29 is 18.3 Å². The summed E-state index contributed by atoms with van der Waals surface area (Å²) in [7, 11) is 0. The van der Waals surface area contributed by atoms with E-state index in [0.717, 1.165) is 43.9 Å². The zero-order valence-corrected chi connectivity index (χ0v) is 19.4. The van der Waals surface area contributed by atoms with E-state index in [4.69, 9.17) is 0 Å². The van der Waals surface area contributed by atoms with Gasteiger partial charge in [0.15, 0.2) is 17.5 Å². The van der Waals surface area contributed by atoms with Crippen molar-refractivity contribution >= 4 is 0 Å². The van der Waals surface area contributed by atoms with Crippen LogP contribution in [0.1, 0.15) is 114 Å². The minimum absolute atomic E-state index is 0.0258. The molecule has 1 N–H and O–H groups in total. The van der Waals surface area contributed by atoms with Crippen LogP contribution in [0.2, 0.25) is 0 Å². The van der Waals surface area contributed by atoms with Crippen LogP contribution in [-0.4, -0.2) is 11.2 Å². The first-order chi connectivity index (χ1) is 14.9. The Labute approximate surface area is 186 Å². The molecule has 0 aromatic heterocycles. The van der Waals surface area contributed by atoms with E-state index >= 15 is 0 Å². The lowest BCUT2D eigenvalue weighted by Gasteiger charge is -2.38. The van der Waals surface area contributed by atoms with Gasteiger partial charge in [-0.2, -0.15) is 0 Å². The van der Waals surface area contributed by atoms with Crippen molar-refractivity contribution in [1.29, 1.82) is 0 Å². The highest BCUT2D eigenvalue weighted by atomic mass is 19.2. The predicted octanol–water partition coefficient (Wildman–Crippen LogP) is 8.08. The van der Waals surface area contributed by atoms with Gasteiger partial charge in [0, 0.05) is 0 Å². The van der Waals surface area contributed by atoms with Crippen LogP contribution in [0.4, 0.5) is 13.2 Å². The van der Waals surface area contributed by atoms with Gasteiger partial charge in [-0.05, 0) is 98.7 Å². The Morgan fingerprint density at radius 2 is 1.42 bits per heavy atom. The van der Waals surface area contributed by atoms with Gasteiger partial charge in [-0.3, -0.25) is 0 Å². The van der Waals surface area contributed by atoms with Crippen molar-refractivity contribution in [2.24, 2.45) is 17.8 Å². The molecule has 0 radical (unpaired) electrons.